The van der Waals surface area contributed by atoms with Crippen LogP contribution in [0, 0.1) is 0 Å². The maximum absolute atomic E-state index is 12.2. The molecule has 1 aromatic heterocycles. The first-order chi connectivity index (χ1) is 12.0. The van der Waals surface area contributed by atoms with Crippen molar-refractivity contribution in [2.75, 3.05) is 12.0 Å². The Balaban J connectivity index is 1.90. The van der Waals surface area contributed by atoms with Crippen LogP contribution in [0.2, 0.25) is 0 Å². The molecular formula is C17H19N3O5. The first-order valence-corrected chi connectivity index (χ1v) is 7.59. The third kappa shape index (κ3) is 6.38. The van der Waals surface area contributed by atoms with Gasteiger partial charge in [-0.1, -0.05) is 30.3 Å². The summed E-state index contributed by atoms with van der Waals surface area (Å²) in [6.45, 7) is 0.976. The smallest absolute Gasteiger partial charge is 0.408 e. The summed E-state index contributed by atoms with van der Waals surface area (Å²) in [6.07, 6.45) is 2.45. The lowest BCUT2D eigenvalue weighted by atomic mass is 10.2. The van der Waals surface area contributed by atoms with E-state index in [-0.39, 0.29) is 13.2 Å². The molecule has 2 amide bonds. The average Bonchev–Trinajstić information content (AvgIpc) is 3.10. The highest BCUT2D eigenvalue weighted by Gasteiger charge is 2.23. The second-order valence-corrected chi connectivity index (χ2v) is 5.13. The molecule has 0 aliphatic carbocycles. The number of nitrogens with one attached hydrogen (secondary N) is 2. The predicted octanol–water partition coefficient (Wildman–Crippen LogP) is 1.42. The molecular weight excluding hydrogens is 326 g/mol. The molecule has 0 radical (unpaired) electrons. The van der Waals surface area contributed by atoms with Gasteiger partial charge in [-0.15, -0.1) is 0 Å². The molecule has 2 aromatic rings. The number of rotatable bonds is 7. The van der Waals surface area contributed by atoms with Gasteiger partial charge in [0.1, 0.15) is 19.3 Å². The van der Waals surface area contributed by atoms with Crippen LogP contribution in [0.5, 0.6) is 0 Å². The Morgan fingerprint density at radius 3 is 2.36 bits per heavy atom. The van der Waals surface area contributed by atoms with Gasteiger partial charge >= 0.3 is 12.1 Å². The van der Waals surface area contributed by atoms with E-state index in [9.17, 15) is 14.4 Å². The van der Waals surface area contributed by atoms with Gasteiger partial charge in [0, 0.05) is 19.3 Å². The Morgan fingerprint density at radius 2 is 1.72 bits per heavy atom. The predicted molar refractivity (Wildman–Crippen MR) is 89.0 cm³/mol. The molecule has 0 aliphatic rings. The highest BCUT2D eigenvalue weighted by atomic mass is 16.6. The van der Waals surface area contributed by atoms with Crippen LogP contribution in [0.4, 0.5) is 4.79 Å². The van der Waals surface area contributed by atoms with E-state index in [0.717, 1.165) is 5.56 Å². The van der Waals surface area contributed by atoms with Crippen LogP contribution in [-0.2, 0) is 25.7 Å². The topological polar surface area (TPSA) is 98.7 Å². The highest BCUT2D eigenvalue weighted by Crippen LogP contribution is 2.01. The van der Waals surface area contributed by atoms with Crippen molar-refractivity contribution in [3.8, 4) is 0 Å². The van der Waals surface area contributed by atoms with Gasteiger partial charge in [0.15, 0.2) is 0 Å². The summed E-state index contributed by atoms with van der Waals surface area (Å²) in [4.78, 5) is 35.1. The Labute approximate surface area is 144 Å². The first kappa shape index (κ1) is 18.1. The zero-order valence-electron chi connectivity index (χ0n) is 13.7. The molecule has 2 N–H and O–H groups in total. The van der Waals surface area contributed by atoms with Crippen molar-refractivity contribution in [3.05, 3.63) is 60.4 Å². The molecule has 1 heterocycles. The fourth-order valence-electron chi connectivity index (χ4n) is 1.90. The van der Waals surface area contributed by atoms with Crippen LogP contribution < -0.4 is 10.7 Å². The summed E-state index contributed by atoms with van der Waals surface area (Å²) < 4.78 is 11.3. The van der Waals surface area contributed by atoms with Crippen LogP contribution in [0.3, 0.4) is 0 Å². The van der Waals surface area contributed by atoms with E-state index in [0.29, 0.717) is 0 Å². The molecule has 25 heavy (non-hydrogen) atoms. The number of esters is 1. The normalized spacial score (nSPS) is 11.2. The van der Waals surface area contributed by atoms with Crippen molar-refractivity contribution < 1.29 is 23.9 Å². The molecule has 0 bridgehead atoms. The van der Waals surface area contributed by atoms with Crippen LogP contribution in [0.15, 0.2) is 54.9 Å². The van der Waals surface area contributed by atoms with Gasteiger partial charge < -0.3 is 14.8 Å². The fraction of sp³-hybridized carbons (Fsp3) is 0.235. The van der Waals surface area contributed by atoms with Gasteiger partial charge in [-0.05, 0) is 17.7 Å². The van der Waals surface area contributed by atoms with E-state index >= 15 is 0 Å². The third-order valence-electron chi connectivity index (χ3n) is 3.12. The Kier molecular flexibility index (Phi) is 6.58. The molecule has 1 unspecified atom stereocenters. The van der Waals surface area contributed by atoms with E-state index in [1.54, 1.807) is 24.5 Å². The van der Waals surface area contributed by atoms with E-state index in [4.69, 9.17) is 9.47 Å². The Bertz CT molecular complexity index is 700. The van der Waals surface area contributed by atoms with Crippen LogP contribution in [0.25, 0.3) is 0 Å². The first-order valence-electron chi connectivity index (χ1n) is 7.59. The fourth-order valence-corrected chi connectivity index (χ4v) is 1.90. The standard InChI is InChI=1S/C17H19N3O5/c1-13(21)24-12-15(16(22)19-20-9-5-6-10-20)18-17(23)25-11-14-7-3-2-4-8-14/h2-10,15H,11-12H2,1H3,(H,18,23)(H,19,22). The molecule has 0 aliphatic heterocycles. The molecule has 1 aromatic carbocycles. The van der Waals surface area contributed by atoms with Gasteiger partial charge in [0.25, 0.3) is 5.91 Å². The summed E-state index contributed by atoms with van der Waals surface area (Å²) in [7, 11) is 0. The molecule has 0 saturated carbocycles. The second-order valence-electron chi connectivity index (χ2n) is 5.13. The number of hydrogen-bond donors (Lipinski definition) is 2. The van der Waals surface area contributed by atoms with Crippen molar-refractivity contribution in [2.45, 2.75) is 19.6 Å². The van der Waals surface area contributed by atoms with Gasteiger partial charge in [0.2, 0.25) is 0 Å². The largest absolute Gasteiger partial charge is 0.463 e. The number of alkyl carbamates (subject to hydrolysis) is 1. The maximum Gasteiger partial charge on any atom is 0.408 e. The third-order valence-corrected chi connectivity index (χ3v) is 3.12. The number of benzene rings is 1. The Morgan fingerprint density at radius 1 is 1.04 bits per heavy atom. The van der Waals surface area contributed by atoms with E-state index < -0.39 is 24.0 Å². The molecule has 132 valence electrons. The van der Waals surface area contributed by atoms with E-state index in [1.165, 1.54) is 11.6 Å². The number of hydrogen-bond acceptors (Lipinski definition) is 5. The van der Waals surface area contributed by atoms with E-state index in [2.05, 4.69) is 10.7 Å². The number of ether oxygens (including phenoxy) is 2. The van der Waals surface area contributed by atoms with Crippen molar-refractivity contribution in [1.82, 2.24) is 9.99 Å². The number of carbonyl (C=O) groups excluding carboxylic acids is 3. The molecule has 8 heteroatoms. The SMILES string of the molecule is CC(=O)OCC(NC(=O)OCc1ccccc1)C(=O)Nn1cccc1. The van der Waals surface area contributed by atoms with Crippen LogP contribution >= 0.6 is 0 Å². The van der Waals surface area contributed by atoms with Crippen molar-refractivity contribution in [1.29, 1.82) is 0 Å². The lowest BCUT2D eigenvalue weighted by Gasteiger charge is -2.18. The summed E-state index contributed by atoms with van der Waals surface area (Å²) >= 11 is 0. The maximum atomic E-state index is 12.2. The highest BCUT2D eigenvalue weighted by molar-refractivity contribution is 5.91. The minimum Gasteiger partial charge on any atom is -0.463 e. The zero-order chi connectivity index (χ0) is 18.1. The summed E-state index contributed by atoms with van der Waals surface area (Å²) in [5.41, 5.74) is 3.35. The lowest BCUT2D eigenvalue weighted by molar-refractivity contribution is -0.142. The monoisotopic (exact) mass is 345 g/mol. The minimum atomic E-state index is -1.09. The van der Waals surface area contributed by atoms with Gasteiger partial charge in [-0.25, -0.2) is 4.79 Å². The van der Waals surface area contributed by atoms with Crippen LogP contribution in [0.1, 0.15) is 12.5 Å². The van der Waals surface area contributed by atoms with E-state index in [1.807, 2.05) is 30.3 Å². The molecule has 2 rings (SSSR count). The minimum absolute atomic E-state index is 0.0617. The summed E-state index contributed by atoms with van der Waals surface area (Å²) in [5.74, 6) is -1.10. The lowest BCUT2D eigenvalue weighted by Crippen LogP contribution is -2.48. The number of nitrogens with zero attached hydrogens (tertiary/aromatic N) is 1. The van der Waals surface area contributed by atoms with Gasteiger partial charge in [0.05, 0.1) is 0 Å². The molecule has 1 atom stereocenters. The molecule has 0 saturated heterocycles. The van der Waals surface area contributed by atoms with Crippen molar-refractivity contribution >= 4 is 18.0 Å². The zero-order valence-corrected chi connectivity index (χ0v) is 13.7. The van der Waals surface area contributed by atoms with Crippen molar-refractivity contribution in [2.24, 2.45) is 0 Å². The summed E-state index contributed by atoms with van der Waals surface area (Å²) in [6, 6.07) is 11.5. The Hall–Kier alpha value is -3.29. The molecule has 0 spiro atoms. The molecule has 8 nitrogen and oxygen atoms in total. The average molecular weight is 345 g/mol. The number of aromatic nitrogens is 1. The second kappa shape index (κ2) is 9.11. The quantitative estimate of drug-likeness (QED) is 0.740. The van der Waals surface area contributed by atoms with Gasteiger partial charge in [-0.2, -0.15) is 0 Å². The summed E-state index contributed by atoms with van der Waals surface area (Å²) in [5, 5.41) is 2.39. The number of amides is 2. The molecule has 0 fully saturated rings. The number of carbonyl (C=O) groups is 3. The van der Waals surface area contributed by atoms with Crippen molar-refractivity contribution in [3.63, 3.8) is 0 Å². The van der Waals surface area contributed by atoms with Crippen LogP contribution in [-0.4, -0.2) is 35.3 Å². The van der Waals surface area contributed by atoms with Gasteiger partial charge in [-0.3, -0.25) is 19.7 Å².